The summed E-state index contributed by atoms with van der Waals surface area (Å²) in [5.41, 5.74) is -0.347. The first kappa shape index (κ1) is 22.9. The Balaban J connectivity index is 1.76. The third-order valence-electron chi connectivity index (χ3n) is 5.39. The lowest BCUT2D eigenvalue weighted by molar-refractivity contribution is 0.0947. The predicted molar refractivity (Wildman–Crippen MR) is 123 cm³/mol. The molecule has 35 heavy (non-hydrogen) atoms. The number of benzene rings is 3. The minimum atomic E-state index is -4.67. The van der Waals surface area contributed by atoms with Gasteiger partial charge in [0.25, 0.3) is 15.9 Å². The molecule has 1 aliphatic heterocycles. The number of amides is 1. The van der Waals surface area contributed by atoms with E-state index in [9.17, 15) is 22.7 Å². The lowest BCUT2D eigenvalue weighted by Crippen LogP contribution is -2.28. The number of rotatable bonds is 0. The summed E-state index contributed by atoms with van der Waals surface area (Å²) in [6.45, 7) is -0.0370. The minimum absolute atomic E-state index is 0.00231. The molecule has 1 aliphatic rings. The van der Waals surface area contributed by atoms with Crippen molar-refractivity contribution in [2.45, 2.75) is 4.90 Å². The monoisotopic (exact) mass is 520 g/mol. The Bertz CT molecular complexity index is 1620. The number of ether oxygens (including phenoxy) is 1. The molecule has 0 spiro atoms. The van der Waals surface area contributed by atoms with Crippen LogP contribution in [0.25, 0.3) is 22.1 Å². The van der Waals surface area contributed by atoms with Crippen LogP contribution in [0.1, 0.15) is 10.4 Å². The number of halogens is 3. The zero-order valence-electron chi connectivity index (χ0n) is 17.6. The van der Waals surface area contributed by atoms with Crippen molar-refractivity contribution >= 4 is 44.2 Å². The van der Waals surface area contributed by atoms with E-state index in [1.54, 1.807) is 12.1 Å². The number of phenolic OH excluding ortho intramolecular Hbond substituents is 1. The largest absolute Gasteiger partial charge is 0.505 e. The molecule has 180 valence electrons. The van der Waals surface area contributed by atoms with Crippen LogP contribution in [-0.2, 0) is 10.0 Å². The summed E-state index contributed by atoms with van der Waals surface area (Å²) in [7, 11) is -4.67. The number of anilines is 1. The molecule has 0 saturated heterocycles. The van der Waals surface area contributed by atoms with Gasteiger partial charge in [0, 0.05) is 28.1 Å². The Hall–Kier alpha value is -3.83. The first-order valence-electron chi connectivity index (χ1n) is 10.1. The highest BCUT2D eigenvalue weighted by Crippen LogP contribution is 2.41. The molecular formula is C23H15ClF2N2O6S. The number of nitrogens with one attached hydrogen (secondary N) is 2. The predicted octanol–water partition coefficient (Wildman–Crippen LogP) is 4.66. The van der Waals surface area contributed by atoms with E-state index in [0.717, 1.165) is 18.2 Å². The van der Waals surface area contributed by atoms with Crippen LogP contribution in [0, 0.1) is 11.6 Å². The topological polar surface area (TPSA) is 118 Å². The normalized spacial score (nSPS) is 15.2. The van der Waals surface area contributed by atoms with Gasteiger partial charge >= 0.3 is 0 Å². The third kappa shape index (κ3) is 4.02. The van der Waals surface area contributed by atoms with Crippen LogP contribution in [0.4, 0.5) is 14.5 Å². The van der Waals surface area contributed by atoms with Crippen LogP contribution in [0.15, 0.2) is 58.0 Å². The number of carbonyl (C=O) groups excluding carboxylic acids is 1. The quantitative estimate of drug-likeness (QED) is 0.310. The van der Waals surface area contributed by atoms with E-state index < -0.39 is 48.9 Å². The zero-order valence-corrected chi connectivity index (χ0v) is 19.1. The molecule has 1 amide bonds. The summed E-state index contributed by atoms with van der Waals surface area (Å²) in [4.78, 5) is 11.8. The number of furan rings is 1. The number of sulfonamides is 1. The molecule has 1 aromatic heterocycles. The maximum absolute atomic E-state index is 15.0. The molecule has 0 fully saturated rings. The van der Waals surface area contributed by atoms with Crippen LogP contribution in [0.5, 0.6) is 11.5 Å². The van der Waals surface area contributed by atoms with Crippen molar-refractivity contribution in [3.05, 3.63) is 70.9 Å². The Labute approximate surface area is 202 Å². The van der Waals surface area contributed by atoms with Gasteiger partial charge in [0.1, 0.15) is 34.5 Å². The Morgan fingerprint density at radius 1 is 1.06 bits per heavy atom. The molecule has 0 radical (unpaired) electrons. The van der Waals surface area contributed by atoms with Gasteiger partial charge in [-0.2, -0.15) is 0 Å². The van der Waals surface area contributed by atoms with E-state index in [0.29, 0.717) is 17.0 Å². The molecule has 4 aromatic rings. The SMILES string of the molecule is O=C1NCCOc2ccc3occc3c2-c2cc(c(F)cc2F)NS(=O)(=O)c2cc1cc(Cl)c2O. The highest BCUT2D eigenvalue weighted by molar-refractivity contribution is 7.92. The van der Waals surface area contributed by atoms with E-state index in [4.69, 9.17) is 20.8 Å². The average molecular weight is 521 g/mol. The molecule has 0 unspecified atom stereocenters. The van der Waals surface area contributed by atoms with Crippen LogP contribution in [-0.4, -0.2) is 32.6 Å². The highest BCUT2D eigenvalue weighted by atomic mass is 35.5. The summed E-state index contributed by atoms with van der Waals surface area (Å²) in [6, 6.07) is 8.17. The molecule has 3 aromatic carbocycles. The molecule has 3 N–H and O–H groups in total. The Morgan fingerprint density at radius 2 is 1.86 bits per heavy atom. The van der Waals surface area contributed by atoms with Crippen molar-refractivity contribution in [1.29, 1.82) is 0 Å². The highest BCUT2D eigenvalue weighted by Gasteiger charge is 2.27. The van der Waals surface area contributed by atoms with Crippen LogP contribution >= 0.6 is 11.6 Å². The van der Waals surface area contributed by atoms with Gasteiger partial charge in [-0.3, -0.25) is 9.52 Å². The molecule has 5 rings (SSSR count). The van der Waals surface area contributed by atoms with Crippen molar-refractivity contribution in [2.24, 2.45) is 0 Å². The smallest absolute Gasteiger partial charge is 0.265 e. The van der Waals surface area contributed by atoms with Gasteiger partial charge in [-0.05, 0) is 36.4 Å². The lowest BCUT2D eigenvalue weighted by Gasteiger charge is -2.16. The van der Waals surface area contributed by atoms with Gasteiger partial charge < -0.3 is 19.6 Å². The van der Waals surface area contributed by atoms with Crippen LogP contribution < -0.4 is 14.8 Å². The zero-order chi connectivity index (χ0) is 24.9. The van der Waals surface area contributed by atoms with Crippen molar-refractivity contribution < 1.29 is 36.3 Å². The van der Waals surface area contributed by atoms with E-state index in [1.165, 1.54) is 12.3 Å². The second kappa shape index (κ2) is 8.43. The number of carbonyl (C=O) groups is 1. The van der Waals surface area contributed by atoms with Crippen molar-refractivity contribution in [2.75, 3.05) is 17.9 Å². The molecule has 0 aliphatic carbocycles. The summed E-state index contributed by atoms with van der Waals surface area (Å²) in [5, 5.41) is 12.9. The van der Waals surface area contributed by atoms with Gasteiger partial charge in [-0.25, -0.2) is 17.2 Å². The molecule has 0 saturated carbocycles. The van der Waals surface area contributed by atoms with Gasteiger partial charge in [-0.1, -0.05) is 11.6 Å². The summed E-state index contributed by atoms with van der Waals surface area (Å²) in [6.07, 6.45) is 1.38. The number of fused-ring (bicyclic) bond motifs is 8. The third-order valence-corrected chi connectivity index (χ3v) is 7.06. The van der Waals surface area contributed by atoms with E-state index >= 15 is 4.39 Å². The number of hydrogen-bond acceptors (Lipinski definition) is 6. The maximum Gasteiger partial charge on any atom is 0.265 e. The van der Waals surface area contributed by atoms with Crippen LogP contribution in [0.2, 0.25) is 5.02 Å². The van der Waals surface area contributed by atoms with Crippen LogP contribution in [0.3, 0.4) is 0 Å². The standard InChI is InChI=1S/C23H15ClF2N2O6S/c24-14-7-11-8-20(22(14)29)35(31,32)28-17-9-13(15(25)10-16(17)26)21-12-3-5-33-18(12)1-2-19(21)34-6-4-27-23(11)30/h1-3,5,7-10,28-29H,4,6H2,(H,27,30). The summed E-state index contributed by atoms with van der Waals surface area (Å²) in [5.74, 6) is -3.51. The second-order valence-electron chi connectivity index (χ2n) is 7.60. The Morgan fingerprint density at radius 3 is 2.66 bits per heavy atom. The van der Waals surface area contributed by atoms with E-state index in [-0.39, 0.29) is 35.6 Å². The first-order chi connectivity index (χ1) is 16.7. The van der Waals surface area contributed by atoms with Gasteiger partial charge in [-0.15, -0.1) is 0 Å². The molecule has 2 heterocycles. The molecule has 8 nitrogen and oxygen atoms in total. The number of phenols is 1. The van der Waals surface area contributed by atoms with Gasteiger partial charge in [0.2, 0.25) is 0 Å². The molecular weight excluding hydrogens is 506 g/mol. The van der Waals surface area contributed by atoms with E-state index in [1.807, 2.05) is 4.72 Å². The fourth-order valence-electron chi connectivity index (χ4n) is 3.78. The van der Waals surface area contributed by atoms with Gasteiger partial charge in [0.15, 0.2) is 5.75 Å². The molecule has 0 atom stereocenters. The number of aromatic hydroxyl groups is 1. The number of hydrogen-bond donors (Lipinski definition) is 3. The minimum Gasteiger partial charge on any atom is -0.505 e. The first-order valence-corrected chi connectivity index (χ1v) is 12.0. The fraction of sp³-hybridized carbons (Fsp3) is 0.0870. The fourth-order valence-corrected chi connectivity index (χ4v) is 5.26. The average Bonchev–Trinajstić information content (AvgIpc) is 3.28. The maximum atomic E-state index is 15.0. The van der Waals surface area contributed by atoms with Crippen molar-refractivity contribution in [1.82, 2.24) is 5.32 Å². The summed E-state index contributed by atoms with van der Waals surface area (Å²) < 4.78 is 69.1. The lowest BCUT2D eigenvalue weighted by atomic mass is 9.99. The van der Waals surface area contributed by atoms with Gasteiger partial charge in [0.05, 0.1) is 23.5 Å². The van der Waals surface area contributed by atoms with Crippen molar-refractivity contribution in [3.63, 3.8) is 0 Å². The summed E-state index contributed by atoms with van der Waals surface area (Å²) >= 11 is 5.95. The second-order valence-corrected chi connectivity index (χ2v) is 9.66. The van der Waals surface area contributed by atoms with Crippen molar-refractivity contribution in [3.8, 4) is 22.6 Å². The molecule has 4 bridgehead atoms. The Kier molecular flexibility index (Phi) is 5.53. The van der Waals surface area contributed by atoms with E-state index in [2.05, 4.69) is 5.32 Å². The molecule has 12 heteroatoms.